The maximum Gasteiger partial charge on any atom is 0.274 e. The van der Waals surface area contributed by atoms with Gasteiger partial charge in [0.25, 0.3) is 5.91 Å². The summed E-state index contributed by atoms with van der Waals surface area (Å²) < 4.78 is 26.2. The molecule has 2 N–H and O–H groups in total. The molecular weight excluding hydrogens is 369 g/mol. The molecule has 8 heteroatoms. The molecule has 2 atom stereocenters. The van der Waals surface area contributed by atoms with E-state index in [1.165, 1.54) is 12.1 Å². The van der Waals surface area contributed by atoms with Crippen molar-refractivity contribution >= 4 is 21.3 Å². The van der Waals surface area contributed by atoms with Crippen molar-refractivity contribution in [3.05, 3.63) is 47.0 Å². The quantitative estimate of drug-likeness (QED) is 0.738. The van der Waals surface area contributed by atoms with Crippen LogP contribution in [0.2, 0.25) is 0 Å². The number of hydrogen-bond donors (Lipinski definition) is 2. The van der Waals surface area contributed by atoms with Crippen molar-refractivity contribution in [2.24, 2.45) is 5.92 Å². The number of H-pyrrole nitrogens is 1. The lowest BCUT2D eigenvalue weighted by molar-refractivity contribution is 0.0727. The maximum atomic E-state index is 14.2. The molecule has 2 heterocycles. The second kappa shape index (κ2) is 7.72. The second-order valence-corrected chi connectivity index (χ2v) is 9.89. The van der Waals surface area contributed by atoms with E-state index < -0.39 is 15.3 Å². The molecule has 0 spiro atoms. The summed E-state index contributed by atoms with van der Waals surface area (Å²) in [5, 5.41) is 16.1. The van der Waals surface area contributed by atoms with Gasteiger partial charge in [0, 0.05) is 41.9 Å². The number of aromatic nitrogens is 2. The monoisotopic (exact) mass is 393 g/mol. The number of hydrogen-bond acceptors (Lipinski definition) is 4. The van der Waals surface area contributed by atoms with Crippen LogP contribution in [0.4, 0.5) is 4.39 Å². The van der Waals surface area contributed by atoms with Crippen LogP contribution >= 0.6 is 0 Å². The van der Waals surface area contributed by atoms with Gasteiger partial charge in [0.15, 0.2) is 0 Å². The van der Waals surface area contributed by atoms with Gasteiger partial charge in [-0.15, -0.1) is 0 Å². The van der Waals surface area contributed by atoms with Crippen molar-refractivity contribution in [3.8, 4) is 5.75 Å². The molecule has 146 valence electrons. The smallest absolute Gasteiger partial charge is 0.274 e. The zero-order valence-electron chi connectivity index (χ0n) is 15.3. The highest BCUT2D eigenvalue weighted by atomic mass is 32.2. The van der Waals surface area contributed by atoms with Crippen LogP contribution in [0.5, 0.6) is 5.75 Å². The molecular formula is C19H24FN3O3S. The van der Waals surface area contributed by atoms with Crippen molar-refractivity contribution < 1.29 is 18.5 Å². The summed E-state index contributed by atoms with van der Waals surface area (Å²) in [6, 6.07) is 5.56. The zero-order valence-corrected chi connectivity index (χ0v) is 16.1. The Labute approximate surface area is 158 Å². The number of aryl methyl sites for hydroxylation is 1. The molecule has 0 radical (unpaired) electrons. The number of halogens is 1. The molecule has 0 bridgehead atoms. The first-order valence-electron chi connectivity index (χ1n) is 8.85. The van der Waals surface area contributed by atoms with E-state index in [-0.39, 0.29) is 29.8 Å². The van der Waals surface area contributed by atoms with Gasteiger partial charge in [-0.2, -0.15) is 5.10 Å². The fraction of sp³-hybridized carbons (Fsp3) is 0.421. The minimum absolute atomic E-state index is 0.0727. The Morgan fingerprint density at radius 1 is 1.48 bits per heavy atom. The van der Waals surface area contributed by atoms with Crippen molar-refractivity contribution in [2.75, 3.05) is 18.1 Å². The Hall–Kier alpha value is -2.35. The van der Waals surface area contributed by atoms with Crippen LogP contribution < -0.4 is 0 Å². The normalized spacial score (nSPS) is 22.1. The third kappa shape index (κ3) is 4.88. The Balaban J connectivity index is 1.76. The van der Waals surface area contributed by atoms with E-state index in [2.05, 4.69) is 16.1 Å². The largest absolute Gasteiger partial charge is 0.508 e. The Kier molecular flexibility index (Phi) is 5.55. The summed E-state index contributed by atoms with van der Waals surface area (Å²) in [6.45, 7) is 2.28. The number of phenolic OH excluding ortho intramolecular Hbond substituents is 1. The molecule has 2 unspecified atom stereocenters. The fourth-order valence-electron chi connectivity index (χ4n) is 3.36. The highest BCUT2D eigenvalue weighted by Crippen LogP contribution is 2.23. The van der Waals surface area contributed by atoms with Gasteiger partial charge in [-0.05, 0) is 53.2 Å². The van der Waals surface area contributed by atoms with Crippen LogP contribution in [0.25, 0.3) is 0 Å². The van der Waals surface area contributed by atoms with Crippen molar-refractivity contribution in [1.82, 2.24) is 15.1 Å². The molecule has 1 aliphatic heterocycles. The SMILES string of the molecule is C=S1(=O)CCC(CCN(Cc2ccc(O)cc2F)C(=O)c2cc(C)[nH]n2)C1. The van der Waals surface area contributed by atoms with E-state index in [9.17, 15) is 18.5 Å². The van der Waals surface area contributed by atoms with Gasteiger partial charge in [-0.1, -0.05) is 6.07 Å². The zero-order chi connectivity index (χ0) is 19.6. The molecule has 1 fully saturated rings. The summed E-state index contributed by atoms with van der Waals surface area (Å²) >= 11 is 0. The van der Waals surface area contributed by atoms with Gasteiger partial charge in [0.05, 0.1) is 0 Å². The van der Waals surface area contributed by atoms with E-state index in [1.807, 2.05) is 0 Å². The summed E-state index contributed by atoms with van der Waals surface area (Å²) in [6.07, 6.45) is 1.51. The molecule has 3 rings (SSSR count). The summed E-state index contributed by atoms with van der Waals surface area (Å²) in [5.74, 6) is 4.21. The number of phenols is 1. The van der Waals surface area contributed by atoms with E-state index in [0.29, 0.717) is 30.0 Å². The minimum atomic E-state index is -1.99. The van der Waals surface area contributed by atoms with E-state index in [0.717, 1.165) is 18.2 Å². The fourth-order valence-corrected chi connectivity index (χ4v) is 5.48. The average Bonchev–Trinajstić information content (AvgIpc) is 3.18. The Morgan fingerprint density at radius 2 is 2.26 bits per heavy atom. The summed E-state index contributed by atoms with van der Waals surface area (Å²) in [5.41, 5.74) is 1.36. The highest BCUT2D eigenvalue weighted by Gasteiger charge is 2.26. The summed E-state index contributed by atoms with van der Waals surface area (Å²) in [7, 11) is -1.99. The van der Waals surface area contributed by atoms with Gasteiger partial charge in [-0.3, -0.25) is 14.1 Å². The van der Waals surface area contributed by atoms with Gasteiger partial charge < -0.3 is 10.0 Å². The first-order valence-corrected chi connectivity index (χ1v) is 10.9. The van der Waals surface area contributed by atoms with Crippen LogP contribution in [0.3, 0.4) is 0 Å². The van der Waals surface area contributed by atoms with Gasteiger partial charge >= 0.3 is 0 Å². The first kappa shape index (κ1) is 19.4. The molecule has 1 saturated heterocycles. The number of rotatable bonds is 6. The van der Waals surface area contributed by atoms with E-state index in [4.69, 9.17) is 0 Å². The molecule has 1 amide bonds. The number of nitrogens with one attached hydrogen (secondary N) is 1. The van der Waals surface area contributed by atoms with Crippen LogP contribution in [0, 0.1) is 18.7 Å². The van der Waals surface area contributed by atoms with Crippen molar-refractivity contribution in [1.29, 1.82) is 0 Å². The first-order chi connectivity index (χ1) is 12.7. The number of amides is 1. The number of benzene rings is 1. The number of aromatic hydroxyl groups is 1. The average molecular weight is 393 g/mol. The van der Waals surface area contributed by atoms with Gasteiger partial charge in [-0.25, -0.2) is 4.39 Å². The number of aromatic amines is 1. The Morgan fingerprint density at radius 3 is 2.85 bits per heavy atom. The van der Waals surface area contributed by atoms with Crippen LogP contribution in [0.15, 0.2) is 24.3 Å². The molecule has 27 heavy (non-hydrogen) atoms. The molecule has 0 aliphatic carbocycles. The van der Waals surface area contributed by atoms with Crippen molar-refractivity contribution in [2.45, 2.75) is 26.3 Å². The number of nitrogens with zero attached hydrogens (tertiary/aromatic N) is 2. The van der Waals surface area contributed by atoms with E-state index in [1.54, 1.807) is 17.9 Å². The minimum Gasteiger partial charge on any atom is -0.508 e. The molecule has 6 nitrogen and oxygen atoms in total. The topological polar surface area (TPSA) is 86.3 Å². The molecule has 1 aliphatic rings. The number of carbonyl (C=O) groups excluding carboxylic acids is 1. The van der Waals surface area contributed by atoms with Crippen molar-refractivity contribution in [3.63, 3.8) is 0 Å². The maximum absolute atomic E-state index is 14.2. The molecule has 2 aromatic rings. The third-order valence-electron chi connectivity index (χ3n) is 4.85. The van der Waals surface area contributed by atoms with Gasteiger partial charge in [0.2, 0.25) is 0 Å². The standard InChI is InChI=1S/C19H24FN3O3S/c1-13-9-18(22-21-13)19(25)23(7-5-14-6-8-27(2,26)12-14)11-15-3-4-16(24)10-17(15)20/h3-4,9-10,14,24H,2,5-8,11-12H2,1H3,(H,21,22). The van der Waals surface area contributed by atoms with Gasteiger partial charge in [0.1, 0.15) is 17.3 Å². The van der Waals surface area contributed by atoms with Crippen LogP contribution in [-0.2, 0) is 16.1 Å². The predicted octanol–water partition coefficient (Wildman–Crippen LogP) is 2.33. The molecule has 1 aromatic carbocycles. The highest BCUT2D eigenvalue weighted by molar-refractivity contribution is 8.00. The number of carbonyl (C=O) groups is 1. The predicted molar refractivity (Wildman–Crippen MR) is 104 cm³/mol. The lowest BCUT2D eigenvalue weighted by Crippen LogP contribution is -2.33. The third-order valence-corrected chi connectivity index (χ3v) is 6.91. The molecule has 0 saturated carbocycles. The second-order valence-electron chi connectivity index (χ2n) is 7.22. The van der Waals surface area contributed by atoms with Crippen LogP contribution in [0.1, 0.15) is 34.6 Å². The Bertz CT molecular complexity index is 939. The lowest BCUT2D eigenvalue weighted by atomic mass is 10.0. The van der Waals surface area contributed by atoms with E-state index >= 15 is 0 Å². The van der Waals surface area contributed by atoms with Crippen LogP contribution in [-0.4, -0.2) is 54.2 Å². The molecule has 1 aromatic heterocycles. The lowest BCUT2D eigenvalue weighted by Gasteiger charge is -2.23. The summed E-state index contributed by atoms with van der Waals surface area (Å²) in [4.78, 5) is 14.4.